The van der Waals surface area contributed by atoms with Crippen molar-refractivity contribution in [3.8, 4) is 0 Å². The average molecular weight is 312 g/mol. The van der Waals surface area contributed by atoms with Crippen molar-refractivity contribution in [3.05, 3.63) is 0 Å². The molecule has 0 aromatic heterocycles. The number of aliphatic hydroxyl groups excluding tert-OH is 1. The molecule has 0 unspecified atom stereocenters. The van der Waals surface area contributed by atoms with Crippen molar-refractivity contribution >= 4 is 11.8 Å². The summed E-state index contributed by atoms with van der Waals surface area (Å²) in [5.74, 6) is 0.207. The molecule has 1 aliphatic heterocycles. The topological polar surface area (TPSA) is 78.9 Å². The summed E-state index contributed by atoms with van der Waals surface area (Å²) in [6, 6.07) is -0.555. The quantitative estimate of drug-likeness (QED) is 0.732. The highest BCUT2D eigenvalue weighted by molar-refractivity contribution is 5.87. The fourth-order valence-corrected chi connectivity index (χ4v) is 3.44. The molecule has 0 spiro atoms. The number of β-amino-alcohol motifs (C(OH)–C–C–N with tert-alkyl or cyclic N) is 1. The van der Waals surface area contributed by atoms with Crippen LogP contribution < -0.4 is 5.32 Å². The van der Waals surface area contributed by atoms with E-state index in [2.05, 4.69) is 12.2 Å². The van der Waals surface area contributed by atoms with Gasteiger partial charge in [0.15, 0.2) is 0 Å². The minimum Gasteiger partial charge on any atom is -0.391 e. The Hall–Kier alpha value is -1.14. The van der Waals surface area contributed by atoms with Crippen LogP contribution in [-0.2, 0) is 14.3 Å². The molecular weight excluding hydrogens is 284 g/mol. The molecule has 0 bridgehead atoms. The molecule has 0 radical (unpaired) electrons. The molecule has 22 heavy (non-hydrogen) atoms. The first-order valence-electron chi connectivity index (χ1n) is 8.33. The molecule has 0 aromatic carbocycles. The molecule has 2 amide bonds. The maximum atomic E-state index is 12.1. The molecule has 6 nitrogen and oxygen atoms in total. The Kier molecular flexibility index (Phi) is 6.20. The van der Waals surface area contributed by atoms with E-state index in [1.807, 2.05) is 0 Å². The van der Waals surface area contributed by atoms with Crippen LogP contribution in [0.4, 0.5) is 0 Å². The van der Waals surface area contributed by atoms with E-state index in [1.165, 1.54) is 31.1 Å². The van der Waals surface area contributed by atoms with Gasteiger partial charge >= 0.3 is 0 Å². The Morgan fingerprint density at radius 2 is 2.05 bits per heavy atom. The third-order valence-corrected chi connectivity index (χ3v) is 4.75. The van der Waals surface area contributed by atoms with Gasteiger partial charge in [-0.05, 0) is 18.8 Å². The van der Waals surface area contributed by atoms with Crippen molar-refractivity contribution < 1.29 is 19.4 Å². The van der Waals surface area contributed by atoms with Gasteiger partial charge in [-0.15, -0.1) is 0 Å². The Labute approximate surface area is 132 Å². The van der Waals surface area contributed by atoms with Gasteiger partial charge in [-0.3, -0.25) is 9.59 Å². The van der Waals surface area contributed by atoms with Crippen LogP contribution in [0.3, 0.4) is 0 Å². The molecule has 126 valence electrons. The average Bonchev–Trinajstić information content (AvgIpc) is 2.87. The number of amides is 2. The smallest absolute Gasteiger partial charge is 0.242 e. The third-order valence-electron chi connectivity index (χ3n) is 4.75. The molecule has 2 N–H and O–H groups in total. The zero-order chi connectivity index (χ0) is 16.1. The summed E-state index contributed by atoms with van der Waals surface area (Å²) in [5.41, 5.74) is 0. The number of ether oxygens (including phenoxy) is 1. The van der Waals surface area contributed by atoms with Gasteiger partial charge in [0.1, 0.15) is 6.04 Å². The number of hydrogen-bond donors (Lipinski definition) is 2. The van der Waals surface area contributed by atoms with E-state index in [4.69, 9.17) is 4.74 Å². The maximum Gasteiger partial charge on any atom is 0.242 e. The van der Waals surface area contributed by atoms with Gasteiger partial charge < -0.3 is 20.1 Å². The van der Waals surface area contributed by atoms with Gasteiger partial charge in [0.05, 0.1) is 18.8 Å². The Morgan fingerprint density at radius 3 is 2.73 bits per heavy atom. The molecule has 4 atom stereocenters. The molecule has 6 heteroatoms. The highest BCUT2D eigenvalue weighted by Crippen LogP contribution is 2.26. The highest BCUT2D eigenvalue weighted by atomic mass is 16.5. The zero-order valence-electron chi connectivity index (χ0n) is 13.6. The van der Waals surface area contributed by atoms with Crippen LogP contribution in [-0.4, -0.2) is 59.8 Å². The van der Waals surface area contributed by atoms with Crippen molar-refractivity contribution in [1.82, 2.24) is 10.2 Å². The molecule has 1 saturated heterocycles. The summed E-state index contributed by atoms with van der Waals surface area (Å²) in [7, 11) is 0. The summed E-state index contributed by atoms with van der Waals surface area (Å²) in [5, 5.41) is 12.5. The van der Waals surface area contributed by atoms with Crippen LogP contribution in [0, 0.1) is 5.92 Å². The second-order valence-electron chi connectivity index (χ2n) is 6.54. The predicted octanol–water partition coefficient (Wildman–Crippen LogP) is 0.680. The van der Waals surface area contributed by atoms with Crippen LogP contribution >= 0.6 is 0 Å². The van der Waals surface area contributed by atoms with Gasteiger partial charge in [0.25, 0.3) is 0 Å². The van der Waals surface area contributed by atoms with E-state index in [9.17, 15) is 14.7 Å². The van der Waals surface area contributed by atoms with Crippen LogP contribution in [0.25, 0.3) is 0 Å². The van der Waals surface area contributed by atoms with E-state index < -0.39 is 12.1 Å². The molecular formula is C16H28N2O4. The van der Waals surface area contributed by atoms with Gasteiger partial charge in [-0.1, -0.05) is 19.8 Å². The second kappa shape index (κ2) is 7.92. The van der Waals surface area contributed by atoms with Gasteiger partial charge in [0.2, 0.25) is 11.8 Å². The van der Waals surface area contributed by atoms with Crippen molar-refractivity contribution in [2.45, 2.75) is 64.2 Å². The van der Waals surface area contributed by atoms with E-state index in [1.54, 1.807) is 0 Å². The summed E-state index contributed by atoms with van der Waals surface area (Å²) >= 11 is 0. The molecule has 2 aliphatic rings. The lowest BCUT2D eigenvalue weighted by molar-refractivity contribution is -0.137. The Morgan fingerprint density at radius 1 is 1.32 bits per heavy atom. The Bertz CT molecular complexity index is 402. The van der Waals surface area contributed by atoms with E-state index >= 15 is 0 Å². The molecule has 2 fully saturated rings. The third kappa shape index (κ3) is 4.43. The van der Waals surface area contributed by atoms with Crippen molar-refractivity contribution in [2.24, 2.45) is 5.92 Å². The van der Waals surface area contributed by atoms with Gasteiger partial charge in [-0.25, -0.2) is 0 Å². The molecule has 1 aliphatic carbocycles. The molecule has 1 saturated carbocycles. The number of hydrogen-bond acceptors (Lipinski definition) is 4. The van der Waals surface area contributed by atoms with Crippen molar-refractivity contribution in [3.63, 3.8) is 0 Å². The normalized spacial score (nSPS) is 32.0. The number of aliphatic hydroxyl groups is 1. The first kappa shape index (κ1) is 17.2. The first-order valence-corrected chi connectivity index (χ1v) is 8.33. The SMILES string of the molecule is CC(=O)N1C[C@@H](O)C[C@@H]1C(=O)NCCO[C@H]1CCCC[C@H]1C. The summed E-state index contributed by atoms with van der Waals surface area (Å²) in [4.78, 5) is 25.1. The van der Waals surface area contributed by atoms with Crippen LogP contribution in [0.2, 0.25) is 0 Å². The summed E-state index contributed by atoms with van der Waals surface area (Å²) < 4.78 is 5.86. The van der Waals surface area contributed by atoms with E-state index in [0.29, 0.717) is 31.6 Å². The fourth-order valence-electron chi connectivity index (χ4n) is 3.44. The molecule has 1 heterocycles. The zero-order valence-corrected chi connectivity index (χ0v) is 13.6. The number of nitrogens with one attached hydrogen (secondary N) is 1. The lowest BCUT2D eigenvalue weighted by Gasteiger charge is -2.29. The second-order valence-corrected chi connectivity index (χ2v) is 6.54. The number of nitrogens with zero attached hydrogens (tertiary/aromatic N) is 1. The van der Waals surface area contributed by atoms with E-state index in [-0.39, 0.29) is 18.4 Å². The maximum absolute atomic E-state index is 12.1. The largest absolute Gasteiger partial charge is 0.391 e. The van der Waals surface area contributed by atoms with Gasteiger partial charge in [-0.2, -0.15) is 0 Å². The van der Waals surface area contributed by atoms with E-state index in [0.717, 1.165) is 6.42 Å². The minimum absolute atomic E-state index is 0.177. The van der Waals surface area contributed by atoms with Gasteiger partial charge in [0, 0.05) is 26.4 Å². The standard InChI is InChI=1S/C16H28N2O4/c1-11-5-3-4-6-15(11)22-8-7-17-16(21)14-9-13(20)10-18(14)12(2)19/h11,13-15,20H,3-10H2,1-2H3,(H,17,21)/t11-,13+,14-,15+/m1/s1. The van der Waals surface area contributed by atoms with Crippen LogP contribution in [0.1, 0.15) is 46.0 Å². The highest BCUT2D eigenvalue weighted by Gasteiger charge is 2.37. The lowest BCUT2D eigenvalue weighted by atomic mass is 9.88. The summed E-state index contributed by atoms with van der Waals surface area (Å²) in [6.07, 6.45) is 4.81. The van der Waals surface area contributed by atoms with Crippen molar-refractivity contribution in [2.75, 3.05) is 19.7 Å². The van der Waals surface area contributed by atoms with Crippen LogP contribution in [0.5, 0.6) is 0 Å². The lowest BCUT2D eigenvalue weighted by Crippen LogP contribution is -2.46. The van der Waals surface area contributed by atoms with Crippen LogP contribution in [0.15, 0.2) is 0 Å². The number of carbonyl (C=O) groups is 2. The number of rotatable bonds is 5. The Balaban J connectivity index is 1.70. The predicted molar refractivity (Wildman–Crippen MR) is 82.2 cm³/mol. The molecule has 2 rings (SSSR count). The summed E-state index contributed by atoms with van der Waals surface area (Å²) in [6.45, 7) is 4.82. The van der Waals surface area contributed by atoms with Crippen molar-refractivity contribution in [1.29, 1.82) is 0 Å². The fraction of sp³-hybridized carbons (Fsp3) is 0.875. The number of likely N-dealkylation sites (tertiary alicyclic amines) is 1. The monoisotopic (exact) mass is 312 g/mol. The number of carbonyl (C=O) groups excluding carboxylic acids is 2. The molecule has 0 aromatic rings. The minimum atomic E-state index is -0.612. The first-order chi connectivity index (χ1) is 10.5.